The Hall–Kier alpha value is -2.25. The summed E-state index contributed by atoms with van der Waals surface area (Å²) < 4.78 is 5.90. The fraction of sp³-hybridized carbons (Fsp3) is 0.759. The molecule has 0 saturated heterocycles. The number of thioether (sulfide) groups is 2. The molecule has 0 spiro atoms. The van der Waals surface area contributed by atoms with Gasteiger partial charge in [0.2, 0.25) is 29.5 Å². The zero-order valence-electron chi connectivity index (χ0n) is 26.4. The molecule has 0 atom stereocenters. The number of hydrogen-bond donors (Lipinski definition) is 4. The van der Waals surface area contributed by atoms with Crippen molar-refractivity contribution in [3.05, 3.63) is 12.2 Å². The maximum Gasteiger partial charge on any atom is 0.230 e. The largest absolute Gasteiger partial charge is 0.375 e. The number of nitrogens with one attached hydrogen (secondary N) is 4. The van der Waals surface area contributed by atoms with Crippen LogP contribution in [0.5, 0.6) is 0 Å². The topological polar surface area (TPSA) is 146 Å². The second-order valence-electron chi connectivity index (χ2n) is 10.7. The summed E-state index contributed by atoms with van der Waals surface area (Å²) in [7, 11) is 0. The molecule has 0 aromatic heterocycles. The summed E-state index contributed by atoms with van der Waals surface area (Å²) >= 11 is 3.06. The predicted octanol–water partition coefficient (Wildman–Crippen LogP) is 2.11. The Bertz CT molecular complexity index is 869. The van der Waals surface area contributed by atoms with Crippen LogP contribution in [-0.2, 0) is 28.7 Å². The molecule has 5 amide bonds. The van der Waals surface area contributed by atoms with E-state index in [2.05, 4.69) is 27.8 Å². The average Bonchev–Trinajstić information content (AvgIpc) is 2.91. The van der Waals surface area contributed by atoms with Gasteiger partial charge in [-0.05, 0) is 37.7 Å². The van der Waals surface area contributed by atoms with Gasteiger partial charge in [-0.3, -0.25) is 24.0 Å². The van der Waals surface area contributed by atoms with Crippen LogP contribution in [0.4, 0.5) is 0 Å². The highest BCUT2D eigenvalue weighted by atomic mass is 32.2. The summed E-state index contributed by atoms with van der Waals surface area (Å²) in [4.78, 5) is 61.9. The van der Waals surface area contributed by atoms with E-state index in [1.807, 2.05) is 34.6 Å². The number of carbonyl (C=O) groups excluding carboxylic acids is 5. The quantitative estimate of drug-likeness (QED) is 0.119. The van der Waals surface area contributed by atoms with Crippen LogP contribution in [0.3, 0.4) is 0 Å². The minimum atomic E-state index is -0.397. The van der Waals surface area contributed by atoms with E-state index < -0.39 is 5.60 Å². The van der Waals surface area contributed by atoms with Gasteiger partial charge in [0.15, 0.2) is 0 Å². The van der Waals surface area contributed by atoms with E-state index >= 15 is 0 Å². The molecule has 42 heavy (non-hydrogen) atoms. The molecule has 0 bridgehead atoms. The highest BCUT2D eigenvalue weighted by Gasteiger charge is 2.19. The van der Waals surface area contributed by atoms with E-state index in [0.717, 1.165) is 11.3 Å². The summed E-state index contributed by atoms with van der Waals surface area (Å²) in [6.07, 6.45) is 1.28. The van der Waals surface area contributed by atoms with Crippen LogP contribution in [0, 0.1) is 0 Å². The van der Waals surface area contributed by atoms with Crippen LogP contribution in [0.15, 0.2) is 12.2 Å². The Morgan fingerprint density at radius 3 is 2.05 bits per heavy atom. The third-order valence-electron chi connectivity index (χ3n) is 5.90. The van der Waals surface area contributed by atoms with Crippen LogP contribution in [0.25, 0.3) is 0 Å². The normalized spacial score (nSPS) is 11.1. The molecule has 0 heterocycles. The van der Waals surface area contributed by atoms with Gasteiger partial charge in [0.25, 0.3) is 0 Å². The summed E-state index contributed by atoms with van der Waals surface area (Å²) in [6.45, 7) is 17.8. The molecule has 11 nitrogen and oxygen atoms in total. The summed E-state index contributed by atoms with van der Waals surface area (Å²) in [5.41, 5.74) is 0.406. The van der Waals surface area contributed by atoms with Gasteiger partial charge in [-0.25, -0.2) is 0 Å². The number of amides is 5. The number of nitrogens with zero attached hydrogens (tertiary/aromatic N) is 1. The van der Waals surface area contributed by atoms with Crippen molar-refractivity contribution in [2.24, 2.45) is 0 Å². The minimum Gasteiger partial charge on any atom is -0.375 e. The highest BCUT2D eigenvalue weighted by molar-refractivity contribution is 8.00. The van der Waals surface area contributed by atoms with Gasteiger partial charge in [-0.1, -0.05) is 32.9 Å². The third kappa shape index (κ3) is 23.3. The van der Waals surface area contributed by atoms with Crippen LogP contribution in [-0.4, -0.2) is 108 Å². The third-order valence-corrected chi connectivity index (χ3v) is 7.87. The Balaban J connectivity index is 4.57. The van der Waals surface area contributed by atoms with Crippen molar-refractivity contribution in [3.8, 4) is 0 Å². The molecule has 0 fully saturated rings. The molecule has 0 aromatic carbocycles. The van der Waals surface area contributed by atoms with Gasteiger partial charge in [0.1, 0.15) is 0 Å². The van der Waals surface area contributed by atoms with Gasteiger partial charge in [0, 0.05) is 59.0 Å². The molecule has 13 heteroatoms. The maximum absolute atomic E-state index is 12.9. The lowest BCUT2D eigenvalue weighted by Crippen LogP contribution is -2.43. The van der Waals surface area contributed by atoms with E-state index in [9.17, 15) is 24.0 Å². The van der Waals surface area contributed by atoms with E-state index in [1.165, 1.54) is 18.7 Å². The summed E-state index contributed by atoms with van der Waals surface area (Å²) in [5.74, 6) is 0.820. The van der Waals surface area contributed by atoms with E-state index in [0.29, 0.717) is 55.8 Å². The minimum absolute atomic E-state index is 0.0146. The zero-order chi connectivity index (χ0) is 32.0. The molecule has 0 aliphatic heterocycles. The van der Waals surface area contributed by atoms with Crippen LogP contribution < -0.4 is 21.3 Å². The molecule has 0 aliphatic carbocycles. The Labute approximate surface area is 260 Å². The smallest absolute Gasteiger partial charge is 0.230 e. The highest BCUT2D eigenvalue weighted by Crippen LogP contribution is 2.15. The molecule has 242 valence electrons. The van der Waals surface area contributed by atoms with Gasteiger partial charge in [-0.15, -0.1) is 11.8 Å². The molecule has 0 rings (SSSR count). The number of ether oxygens (including phenoxy) is 1. The SMILES string of the molecule is C=C(CCOC(C)(C)CCNC(C)=O)CNC(=O)CCC(=O)N(CCNC(=O)CSCC)CCNC(=O)CSC(C)C. The first-order valence-electron chi connectivity index (χ1n) is 14.6. The molecule has 0 saturated carbocycles. The lowest BCUT2D eigenvalue weighted by molar-refractivity contribution is -0.134. The van der Waals surface area contributed by atoms with Crippen molar-refractivity contribution in [2.45, 2.75) is 78.1 Å². The predicted molar refractivity (Wildman–Crippen MR) is 173 cm³/mol. The number of rotatable bonds is 24. The first-order chi connectivity index (χ1) is 19.8. The first kappa shape index (κ1) is 39.8. The zero-order valence-corrected chi connectivity index (χ0v) is 28.0. The molecular formula is C29H53N5O6S2. The molecule has 0 aromatic rings. The Kier molecular flexibility index (Phi) is 22.0. The van der Waals surface area contributed by atoms with Crippen molar-refractivity contribution in [1.29, 1.82) is 0 Å². The second-order valence-corrected chi connectivity index (χ2v) is 13.5. The van der Waals surface area contributed by atoms with Gasteiger partial charge in [0.05, 0.1) is 23.7 Å². The van der Waals surface area contributed by atoms with E-state index in [1.54, 1.807) is 16.7 Å². The first-order valence-corrected chi connectivity index (χ1v) is 16.8. The monoisotopic (exact) mass is 631 g/mol. The molecule has 0 radical (unpaired) electrons. The van der Waals surface area contributed by atoms with Crippen LogP contribution in [0.2, 0.25) is 0 Å². The average molecular weight is 632 g/mol. The summed E-state index contributed by atoms with van der Waals surface area (Å²) in [5, 5.41) is 11.5. The van der Waals surface area contributed by atoms with Crippen molar-refractivity contribution < 1.29 is 28.7 Å². The number of carbonyl (C=O) groups is 5. The second kappa shape index (κ2) is 23.2. The van der Waals surface area contributed by atoms with Gasteiger partial charge in [-0.2, -0.15) is 11.8 Å². The molecule has 0 unspecified atom stereocenters. The maximum atomic E-state index is 12.9. The number of hydrogen-bond acceptors (Lipinski definition) is 8. The van der Waals surface area contributed by atoms with Crippen molar-refractivity contribution in [3.63, 3.8) is 0 Å². The van der Waals surface area contributed by atoms with Gasteiger partial charge < -0.3 is 30.9 Å². The van der Waals surface area contributed by atoms with E-state index in [-0.39, 0.29) is 62.0 Å². The van der Waals surface area contributed by atoms with Crippen molar-refractivity contribution in [1.82, 2.24) is 26.2 Å². The lowest BCUT2D eigenvalue weighted by atomic mass is 10.1. The fourth-order valence-electron chi connectivity index (χ4n) is 3.42. The Morgan fingerprint density at radius 2 is 1.48 bits per heavy atom. The Morgan fingerprint density at radius 1 is 0.857 bits per heavy atom. The van der Waals surface area contributed by atoms with Crippen LogP contribution in [0.1, 0.15) is 67.2 Å². The standard InChI is InChI=1S/C29H53N5O6S2/c1-8-41-20-26(37)31-14-16-34(17-15-32-27(38)21-42-22(2)3)28(39)10-9-25(36)33-19-23(4)11-18-40-29(6,7)12-13-30-24(5)35/h22H,4,8-21H2,1-3,5-7H3,(H,30,35)(H,31,37)(H,32,38)(H,33,36). The van der Waals surface area contributed by atoms with Crippen LogP contribution >= 0.6 is 23.5 Å². The van der Waals surface area contributed by atoms with E-state index in [4.69, 9.17) is 4.74 Å². The van der Waals surface area contributed by atoms with Crippen molar-refractivity contribution in [2.75, 3.05) is 63.1 Å². The summed E-state index contributed by atoms with van der Waals surface area (Å²) in [6, 6.07) is 0. The fourth-order valence-corrected chi connectivity index (χ4v) is 4.50. The molecule has 4 N–H and O–H groups in total. The van der Waals surface area contributed by atoms with Gasteiger partial charge >= 0.3 is 0 Å². The molecular weight excluding hydrogens is 578 g/mol. The lowest BCUT2D eigenvalue weighted by Gasteiger charge is -2.25. The molecule has 0 aliphatic rings. The van der Waals surface area contributed by atoms with Crippen molar-refractivity contribution >= 4 is 53.1 Å².